The van der Waals surface area contributed by atoms with Crippen molar-refractivity contribution in [2.24, 2.45) is 0 Å². The molecule has 3 aromatic heterocycles. The van der Waals surface area contributed by atoms with Crippen molar-refractivity contribution in [3.8, 4) is 79.6 Å². The monoisotopic (exact) mass is 1530 g/mol. The zero-order chi connectivity index (χ0) is 78.2. The molecule has 0 atom stereocenters. The highest BCUT2D eigenvalue weighted by molar-refractivity contribution is 7.00. The molecule has 0 amide bonds. The van der Waals surface area contributed by atoms with E-state index < -0.39 is 0 Å². The SMILES string of the molecule is COc1ccc(N(c2ccc(OC)cc2)c2ccc3c(c2)c2cc(N(c4ccc(OC)cc4)c4ccc(OC)cc4)ccc2n3-c2ccc(-c3ccc(-c4ccc(-n5c6ccc(N(c7ccc(OC)cc7)c7ccc(OC)cc7)cc6c6cc(N(c7ccc(OC)cc7)c7ccc(OC)cc7)ccc65)cc4)c4nsnc34)cc2)cc1. The predicted octanol–water partition coefficient (Wildman–Crippen LogP) is 25.2. The Hall–Kier alpha value is -14.7. The minimum Gasteiger partial charge on any atom is -0.497 e. The molecule has 16 nitrogen and oxygen atoms in total. The lowest BCUT2D eigenvalue weighted by Crippen LogP contribution is -2.10. The zero-order valence-corrected chi connectivity index (χ0v) is 65.2. The molecule has 0 N–H and O–H groups in total. The normalized spacial score (nSPS) is 11.3. The molecule has 0 bridgehead atoms. The molecular formula is C98H78N8O8S. The lowest BCUT2D eigenvalue weighted by atomic mass is 9.97. The zero-order valence-electron chi connectivity index (χ0n) is 64.4. The fraction of sp³-hybridized carbons (Fsp3) is 0.0816. The number of rotatable bonds is 24. The van der Waals surface area contributed by atoms with Crippen molar-refractivity contribution < 1.29 is 37.9 Å². The molecule has 18 aromatic rings. The molecule has 564 valence electrons. The molecule has 15 aromatic carbocycles. The van der Waals surface area contributed by atoms with Crippen LogP contribution in [0.4, 0.5) is 68.2 Å². The average Bonchev–Trinajstić information content (AvgIpc) is 1.57. The summed E-state index contributed by atoms with van der Waals surface area (Å²) >= 11 is 1.22. The Bertz CT molecular complexity index is 5640. The number of hydrogen-bond donors (Lipinski definition) is 0. The number of ether oxygens (including phenoxy) is 8. The summed E-state index contributed by atoms with van der Waals surface area (Å²) in [6.07, 6.45) is 0. The number of nitrogens with zero attached hydrogens (tertiary/aromatic N) is 8. The summed E-state index contributed by atoms with van der Waals surface area (Å²) in [7, 11) is 13.5. The van der Waals surface area contributed by atoms with Crippen LogP contribution in [0.15, 0.2) is 328 Å². The maximum Gasteiger partial charge on any atom is 0.119 e. The van der Waals surface area contributed by atoms with Gasteiger partial charge < -0.3 is 66.6 Å². The van der Waals surface area contributed by atoms with Crippen molar-refractivity contribution in [2.45, 2.75) is 0 Å². The molecule has 0 spiro atoms. The van der Waals surface area contributed by atoms with Gasteiger partial charge in [-0.1, -0.05) is 36.4 Å². The van der Waals surface area contributed by atoms with Crippen LogP contribution in [-0.4, -0.2) is 74.8 Å². The minimum atomic E-state index is 0.770. The molecule has 0 aliphatic rings. The van der Waals surface area contributed by atoms with Gasteiger partial charge in [-0.3, -0.25) is 0 Å². The molecule has 0 saturated carbocycles. The van der Waals surface area contributed by atoms with Crippen molar-refractivity contribution in [1.29, 1.82) is 0 Å². The average molecular weight is 1530 g/mol. The molecule has 0 unspecified atom stereocenters. The Kier molecular flexibility index (Phi) is 19.3. The van der Waals surface area contributed by atoms with Gasteiger partial charge in [-0.15, -0.1) is 0 Å². The largest absolute Gasteiger partial charge is 0.497 e. The van der Waals surface area contributed by atoms with Gasteiger partial charge in [0.1, 0.15) is 57.0 Å². The van der Waals surface area contributed by atoms with Crippen LogP contribution in [0.3, 0.4) is 0 Å². The highest BCUT2D eigenvalue weighted by Gasteiger charge is 2.25. The third-order valence-corrected chi connectivity index (χ3v) is 22.0. The van der Waals surface area contributed by atoms with Crippen molar-refractivity contribution in [2.75, 3.05) is 76.5 Å². The van der Waals surface area contributed by atoms with Gasteiger partial charge >= 0.3 is 0 Å². The van der Waals surface area contributed by atoms with Crippen LogP contribution in [0.1, 0.15) is 0 Å². The van der Waals surface area contributed by atoms with Gasteiger partial charge in [-0.05, 0) is 302 Å². The van der Waals surface area contributed by atoms with Gasteiger partial charge in [0.15, 0.2) is 0 Å². The molecule has 0 aliphatic carbocycles. The van der Waals surface area contributed by atoms with E-state index in [0.29, 0.717) is 0 Å². The van der Waals surface area contributed by atoms with Crippen molar-refractivity contribution >= 4 is 135 Å². The predicted molar refractivity (Wildman–Crippen MR) is 468 cm³/mol. The Morgan fingerprint density at radius 3 is 0.574 bits per heavy atom. The van der Waals surface area contributed by atoms with E-state index >= 15 is 0 Å². The number of benzene rings is 15. The summed E-state index contributed by atoms with van der Waals surface area (Å²) in [4.78, 5) is 9.06. The first kappa shape index (κ1) is 71.9. The maximum atomic E-state index is 5.65. The number of hydrogen-bond acceptors (Lipinski definition) is 15. The lowest BCUT2D eigenvalue weighted by Gasteiger charge is -2.26. The van der Waals surface area contributed by atoms with Gasteiger partial charge in [0.2, 0.25) is 0 Å². The minimum absolute atomic E-state index is 0.770. The standard InChI is InChI=1S/C98H78N8O8S/c1-107-79-37-17-65(18-38-79)101(66-19-39-80(108-2)40-20-66)75-33-55-93-89(59-75)90-60-76(102(67-21-41-81(109-3)42-22-67)68-23-43-82(110-4)44-24-68)34-56-94(90)105(93)73-13-9-63(10-14-73)87-53-54-88(98-97(87)99-115-100-98)64-11-15-74(16-12-64)106-95-57-35-77(103(69-25-45-83(111-5)46-26-69)70-27-47-84(112-6)48-28-70)61-91(95)92-62-78(36-58-96(92)106)104(71-29-49-85(113-7)50-30-71)72-31-51-86(114-8)52-32-72/h9-62H,1-8H3. The fourth-order valence-electron chi connectivity index (χ4n) is 15.7. The van der Waals surface area contributed by atoms with E-state index in [0.717, 1.165) is 203 Å². The fourth-order valence-corrected chi connectivity index (χ4v) is 16.2. The molecule has 18 rings (SSSR count). The van der Waals surface area contributed by atoms with Gasteiger partial charge in [-0.2, -0.15) is 8.75 Å². The second kappa shape index (κ2) is 30.9. The molecule has 0 saturated heterocycles. The maximum absolute atomic E-state index is 5.65. The highest BCUT2D eigenvalue weighted by Crippen LogP contribution is 2.48. The van der Waals surface area contributed by atoms with Crippen LogP contribution in [0, 0.1) is 0 Å². The topological polar surface area (TPSA) is 122 Å². The Labute approximate surface area is 670 Å². The summed E-state index contributed by atoms with van der Waals surface area (Å²) in [6, 6.07) is 114. The summed E-state index contributed by atoms with van der Waals surface area (Å²) < 4.78 is 60.0. The molecule has 3 heterocycles. The first-order valence-corrected chi connectivity index (χ1v) is 38.3. The molecular weight excluding hydrogens is 1450 g/mol. The third kappa shape index (κ3) is 13.5. The molecule has 0 fully saturated rings. The van der Waals surface area contributed by atoms with E-state index in [4.69, 9.17) is 46.6 Å². The van der Waals surface area contributed by atoms with E-state index in [2.05, 4.69) is 259 Å². The van der Waals surface area contributed by atoms with E-state index in [1.54, 1.807) is 56.9 Å². The number of anilines is 12. The van der Waals surface area contributed by atoms with Crippen LogP contribution >= 0.6 is 11.7 Å². The van der Waals surface area contributed by atoms with Crippen LogP contribution in [0.2, 0.25) is 0 Å². The highest BCUT2D eigenvalue weighted by atomic mass is 32.1. The molecule has 0 aliphatic heterocycles. The van der Waals surface area contributed by atoms with E-state index in [9.17, 15) is 0 Å². The summed E-state index contributed by atoms with van der Waals surface area (Å²) in [5.41, 5.74) is 23.4. The van der Waals surface area contributed by atoms with Gasteiger partial charge in [0.25, 0.3) is 0 Å². The van der Waals surface area contributed by atoms with Crippen molar-refractivity contribution in [1.82, 2.24) is 17.9 Å². The van der Waals surface area contributed by atoms with Crippen LogP contribution < -0.4 is 57.5 Å². The molecule has 0 radical (unpaired) electrons. The van der Waals surface area contributed by atoms with E-state index in [-0.39, 0.29) is 0 Å². The Morgan fingerprint density at radius 2 is 0.391 bits per heavy atom. The second-order valence-corrected chi connectivity index (χ2v) is 28.1. The van der Waals surface area contributed by atoms with Crippen molar-refractivity contribution in [3.05, 3.63) is 328 Å². The summed E-state index contributed by atoms with van der Waals surface area (Å²) in [5, 5.41) is 4.24. The third-order valence-electron chi connectivity index (χ3n) is 21.4. The van der Waals surface area contributed by atoms with Crippen LogP contribution in [0.25, 0.3) is 88.3 Å². The van der Waals surface area contributed by atoms with Crippen molar-refractivity contribution in [3.63, 3.8) is 0 Å². The number of fused-ring (bicyclic) bond motifs is 7. The summed E-state index contributed by atoms with van der Waals surface area (Å²) in [6.45, 7) is 0. The number of aromatic nitrogens is 4. The second-order valence-electron chi connectivity index (χ2n) is 27.6. The Morgan fingerprint density at radius 1 is 0.209 bits per heavy atom. The van der Waals surface area contributed by atoms with Crippen LogP contribution in [0.5, 0.6) is 46.0 Å². The quantitative estimate of drug-likeness (QED) is 0.0570. The molecule has 17 heteroatoms. The smallest absolute Gasteiger partial charge is 0.119 e. The summed E-state index contributed by atoms with van der Waals surface area (Å²) in [5.74, 6) is 6.16. The van der Waals surface area contributed by atoms with Gasteiger partial charge in [0, 0.05) is 112 Å². The van der Waals surface area contributed by atoms with E-state index in [1.807, 2.05) is 97.1 Å². The Balaban J connectivity index is 0.725. The number of methoxy groups -OCH3 is 8. The first-order valence-electron chi connectivity index (χ1n) is 37.6. The van der Waals surface area contributed by atoms with Gasteiger partial charge in [0.05, 0.1) is 90.7 Å². The van der Waals surface area contributed by atoms with Crippen LogP contribution in [-0.2, 0) is 0 Å². The van der Waals surface area contributed by atoms with E-state index in [1.165, 1.54) is 11.7 Å². The van der Waals surface area contributed by atoms with Gasteiger partial charge in [-0.25, -0.2) is 0 Å². The molecule has 115 heavy (non-hydrogen) atoms. The lowest BCUT2D eigenvalue weighted by molar-refractivity contribution is 0.414. The first-order chi connectivity index (χ1) is 56.6.